The Morgan fingerprint density at radius 1 is 1.41 bits per heavy atom. The maximum atomic E-state index is 12.4. The molecule has 0 bridgehead atoms. The molecule has 0 spiro atoms. The van der Waals surface area contributed by atoms with Crippen molar-refractivity contribution in [2.75, 3.05) is 17.7 Å². The van der Waals surface area contributed by atoms with Crippen molar-refractivity contribution in [2.45, 2.75) is 56.6 Å². The Kier molecular flexibility index (Phi) is 7.49. The molecule has 2 aromatic rings. The lowest BCUT2D eigenvalue weighted by Gasteiger charge is -2.15. The number of ether oxygens (including phenoxy) is 1. The van der Waals surface area contributed by atoms with E-state index >= 15 is 0 Å². The number of hydrogen-bond acceptors (Lipinski definition) is 7. The molecule has 0 radical (unpaired) electrons. The van der Waals surface area contributed by atoms with Crippen molar-refractivity contribution >= 4 is 34.1 Å². The molecule has 1 fully saturated rings. The van der Waals surface area contributed by atoms with Gasteiger partial charge in [0.2, 0.25) is 5.91 Å². The predicted molar refractivity (Wildman–Crippen MR) is 109 cm³/mol. The van der Waals surface area contributed by atoms with Crippen LogP contribution >= 0.6 is 23.1 Å². The summed E-state index contributed by atoms with van der Waals surface area (Å²) in [6, 6.07) is 3.80. The zero-order valence-electron chi connectivity index (χ0n) is 15.4. The second kappa shape index (κ2) is 10.1. The molecule has 27 heavy (non-hydrogen) atoms. The summed E-state index contributed by atoms with van der Waals surface area (Å²) >= 11 is 3.02. The lowest BCUT2D eigenvalue weighted by atomic mass is 10.2. The molecule has 0 atom stereocenters. The zero-order valence-corrected chi connectivity index (χ0v) is 17.1. The number of aliphatic hydroxyl groups is 1. The van der Waals surface area contributed by atoms with Crippen molar-refractivity contribution in [1.82, 2.24) is 9.97 Å². The average molecular weight is 408 g/mol. The van der Waals surface area contributed by atoms with Crippen LogP contribution in [0.3, 0.4) is 0 Å². The lowest BCUT2D eigenvalue weighted by molar-refractivity contribution is -0.115. The standard InChI is InChI=1S/C19H25N3O3S2/c1-13-12-20-19(27-13)22-17(24)10-14-9-16(25-15-5-2-3-6-15)11-18(21-14)26-8-4-7-23/h9,11-12,15,23H,2-8,10H2,1H3,(H,20,22,24). The van der Waals surface area contributed by atoms with Crippen molar-refractivity contribution in [3.05, 3.63) is 28.9 Å². The van der Waals surface area contributed by atoms with Crippen LogP contribution in [-0.2, 0) is 11.2 Å². The fourth-order valence-electron chi connectivity index (χ4n) is 2.95. The molecule has 0 aromatic carbocycles. The number of aryl methyl sites for hydroxylation is 1. The normalized spacial score (nSPS) is 14.4. The average Bonchev–Trinajstić information content (AvgIpc) is 3.26. The first-order valence-electron chi connectivity index (χ1n) is 9.26. The second-order valence-corrected chi connectivity index (χ2v) is 8.93. The van der Waals surface area contributed by atoms with Crippen molar-refractivity contribution in [1.29, 1.82) is 0 Å². The topological polar surface area (TPSA) is 84.3 Å². The summed E-state index contributed by atoms with van der Waals surface area (Å²) in [5.41, 5.74) is 0.683. The van der Waals surface area contributed by atoms with Crippen LogP contribution in [0.1, 0.15) is 42.7 Å². The van der Waals surface area contributed by atoms with E-state index in [1.54, 1.807) is 18.0 Å². The number of amides is 1. The van der Waals surface area contributed by atoms with E-state index in [1.807, 2.05) is 19.1 Å². The second-order valence-electron chi connectivity index (χ2n) is 6.58. The maximum Gasteiger partial charge on any atom is 0.232 e. The highest BCUT2D eigenvalue weighted by atomic mass is 32.2. The van der Waals surface area contributed by atoms with Gasteiger partial charge in [0.25, 0.3) is 0 Å². The lowest BCUT2D eigenvalue weighted by Crippen LogP contribution is -2.16. The van der Waals surface area contributed by atoms with Crippen LogP contribution < -0.4 is 10.1 Å². The third kappa shape index (κ3) is 6.48. The van der Waals surface area contributed by atoms with Gasteiger partial charge in [-0.05, 0) is 39.0 Å². The number of nitrogens with zero attached hydrogens (tertiary/aromatic N) is 2. The highest BCUT2D eigenvalue weighted by Crippen LogP contribution is 2.28. The number of hydrogen-bond donors (Lipinski definition) is 2. The summed E-state index contributed by atoms with van der Waals surface area (Å²) in [6.07, 6.45) is 7.44. The summed E-state index contributed by atoms with van der Waals surface area (Å²) in [6.45, 7) is 2.11. The number of aromatic nitrogens is 2. The van der Waals surface area contributed by atoms with E-state index in [0.717, 1.165) is 34.2 Å². The molecule has 1 saturated carbocycles. The zero-order chi connectivity index (χ0) is 19.1. The Morgan fingerprint density at radius 2 is 2.22 bits per heavy atom. The fourth-order valence-corrected chi connectivity index (χ4v) is 4.49. The molecule has 3 rings (SSSR count). The fraction of sp³-hybridized carbons (Fsp3) is 0.526. The Bertz CT molecular complexity index is 760. The number of thiazole rings is 1. The quantitative estimate of drug-likeness (QED) is 0.486. The van der Waals surface area contributed by atoms with Crippen LogP contribution in [0.15, 0.2) is 23.4 Å². The number of rotatable bonds is 9. The van der Waals surface area contributed by atoms with E-state index in [1.165, 1.54) is 24.2 Å². The summed E-state index contributed by atoms with van der Waals surface area (Å²) in [4.78, 5) is 22.2. The molecular formula is C19H25N3O3S2. The molecule has 2 N–H and O–H groups in total. The molecule has 1 aliphatic rings. The third-order valence-electron chi connectivity index (χ3n) is 4.20. The van der Waals surface area contributed by atoms with Gasteiger partial charge in [0.15, 0.2) is 5.13 Å². The first-order valence-corrected chi connectivity index (χ1v) is 11.1. The Labute approximate surface area is 167 Å². The molecule has 0 unspecified atom stereocenters. The van der Waals surface area contributed by atoms with E-state index in [9.17, 15) is 4.79 Å². The van der Waals surface area contributed by atoms with Gasteiger partial charge < -0.3 is 15.2 Å². The summed E-state index contributed by atoms with van der Waals surface area (Å²) in [5.74, 6) is 1.41. The number of nitrogens with one attached hydrogen (secondary N) is 1. The molecule has 2 heterocycles. The molecule has 1 amide bonds. The highest BCUT2D eigenvalue weighted by molar-refractivity contribution is 7.99. The third-order valence-corrected chi connectivity index (χ3v) is 6.02. The van der Waals surface area contributed by atoms with E-state index in [-0.39, 0.29) is 25.0 Å². The minimum atomic E-state index is -0.138. The Hall–Kier alpha value is -1.64. The van der Waals surface area contributed by atoms with Gasteiger partial charge in [-0.15, -0.1) is 23.1 Å². The smallest absolute Gasteiger partial charge is 0.232 e. The van der Waals surface area contributed by atoms with E-state index in [0.29, 0.717) is 17.2 Å². The van der Waals surface area contributed by atoms with Gasteiger partial charge in [0.05, 0.1) is 23.2 Å². The molecule has 6 nitrogen and oxygen atoms in total. The molecule has 146 valence electrons. The van der Waals surface area contributed by atoms with E-state index in [4.69, 9.17) is 9.84 Å². The van der Waals surface area contributed by atoms with Crippen LogP contribution in [0.4, 0.5) is 5.13 Å². The van der Waals surface area contributed by atoms with Crippen LogP contribution in [0.25, 0.3) is 0 Å². The van der Waals surface area contributed by atoms with Crippen molar-refractivity contribution in [3.63, 3.8) is 0 Å². The number of carbonyl (C=O) groups is 1. The molecule has 0 aliphatic heterocycles. The Balaban J connectivity index is 1.68. The predicted octanol–water partition coefficient (Wildman–Crippen LogP) is 3.82. The minimum Gasteiger partial charge on any atom is -0.490 e. The Morgan fingerprint density at radius 3 is 2.93 bits per heavy atom. The first-order chi connectivity index (χ1) is 13.1. The maximum absolute atomic E-state index is 12.4. The van der Waals surface area contributed by atoms with Crippen LogP contribution in [0, 0.1) is 6.92 Å². The van der Waals surface area contributed by atoms with Crippen molar-refractivity contribution < 1.29 is 14.6 Å². The number of thioether (sulfide) groups is 1. The van der Waals surface area contributed by atoms with Gasteiger partial charge in [-0.25, -0.2) is 9.97 Å². The van der Waals surface area contributed by atoms with Crippen molar-refractivity contribution in [3.8, 4) is 5.75 Å². The SMILES string of the molecule is Cc1cnc(NC(=O)Cc2cc(OC3CCCC3)cc(SCCCO)n2)s1. The van der Waals surface area contributed by atoms with Crippen LogP contribution in [-0.4, -0.2) is 39.4 Å². The largest absolute Gasteiger partial charge is 0.490 e. The number of aliphatic hydroxyl groups excluding tert-OH is 1. The minimum absolute atomic E-state index is 0.138. The number of carbonyl (C=O) groups excluding carboxylic acids is 1. The monoisotopic (exact) mass is 407 g/mol. The number of pyridine rings is 1. The van der Waals surface area contributed by atoms with Gasteiger partial charge in [-0.1, -0.05) is 0 Å². The van der Waals surface area contributed by atoms with Crippen LogP contribution in [0.5, 0.6) is 5.75 Å². The molecule has 0 saturated heterocycles. The first kappa shape index (κ1) is 20.1. The van der Waals surface area contributed by atoms with Crippen LogP contribution in [0.2, 0.25) is 0 Å². The van der Waals surface area contributed by atoms with E-state index in [2.05, 4.69) is 15.3 Å². The van der Waals surface area contributed by atoms with Gasteiger partial charge >= 0.3 is 0 Å². The van der Waals surface area contributed by atoms with E-state index < -0.39 is 0 Å². The van der Waals surface area contributed by atoms with Gasteiger partial charge in [0, 0.05) is 35.6 Å². The molecule has 2 aromatic heterocycles. The molecular weight excluding hydrogens is 382 g/mol. The van der Waals surface area contributed by atoms with Crippen molar-refractivity contribution in [2.24, 2.45) is 0 Å². The number of anilines is 1. The van der Waals surface area contributed by atoms with Gasteiger partial charge in [-0.3, -0.25) is 4.79 Å². The summed E-state index contributed by atoms with van der Waals surface area (Å²) in [5, 5.41) is 13.2. The highest BCUT2D eigenvalue weighted by Gasteiger charge is 2.18. The summed E-state index contributed by atoms with van der Waals surface area (Å²) in [7, 11) is 0. The van der Waals surface area contributed by atoms with Gasteiger partial charge in [0.1, 0.15) is 5.75 Å². The summed E-state index contributed by atoms with van der Waals surface area (Å²) < 4.78 is 6.12. The molecule has 8 heteroatoms. The van der Waals surface area contributed by atoms with Gasteiger partial charge in [-0.2, -0.15) is 0 Å². The molecule has 1 aliphatic carbocycles.